The van der Waals surface area contributed by atoms with Gasteiger partial charge >= 0.3 is 0 Å². The van der Waals surface area contributed by atoms with Gasteiger partial charge in [0.05, 0.1) is 0 Å². The van der Waals surface area contributed by atoms with Crippen LogP contribution in [0.25, 0.3) is 0 Å². The zero-order chi connectivity index (χ0) is 13.0. The lowest BCUT2D eigenvalue weighted by Gasteiger charge is -2.38. The van der Waals surface area contributed by atoms with Gasteiger partial charge in [0.2, 0.25) is 0 Å². The van der Waals surface area contributed by atoms with Crippen LogP contribution in [-0.2, 0) is 4.79 Å². The molecule has 0 aromatic carbocycles. The first kappa shape index (κ1) is 13.6. The summed E-state index contributed by atoms with van der Waals surface area (Å²) in [5.74, 6) is 0.549. The predicted molar refractivity (Wildman–Crippen MR) is 76.5 cm³/mol. The normalized spacial score (nSPS) is 28.1. The van der Waals surface area contributed by atoms with Crippen LogP contribution in [0.15, 0.2) is 23.3 Å². The van der Waals surface area contributed by atoms with Gasteiger partial charge < -0.3 is 0 Å². The molecule has 2 aliphatic rings. The third-order valence-electron chi connectivity index (χ3n) is 4.62. The highest BCUT2D eigenvalue weighted by atomic mass is 16.1. The molecule has 0 amide bonds. The molecule has 0 radical (unpaired) electrons. The Labute approximate surface area is 111 Å². The number of ketones is 1. The van der Waals surface area contributed by atoms with Crippen LogP contribution in [0, 0.1) is 5.41 Å². The van der Waals surface area contributed by atoms with Crippen molar-refractivity contribution in [2.45, 2.75) is 71.6 Å². The summed E-state index contributed by atoms with van der Waals surface area (Å²) in [6.45, 7) is 4.32. The fourth-order valence-corrected chi connectivity index (χ4v) is 3.35. The molecular weight excluding hydrogens is 220 g/mol. The Morgan fingerprint density at radius 2 is 2.11 bits per heavy atom. The fourth-order valence-electron chi connectivity index (χ4n) is 3.35. The number of rotatable bonds is 3. The van der Waals surface area contributed by atoms with Gasteiger partial charge in [0.25, 0.3) is 0 Å². The van der Waals surface area contributed by atoms with Crippen molar-refractivity contribution in [3.63, 3.8) is 0 Å². The lowest BCUT2D eigenvalue weighted by atomic mass is 9.65. The van der Waals surface area contributed by atoms with E-state index in [2.05, 4.69) is 26.0 Å². The van der Waals surface area contributed by atoms with Gasteiger partial charge in [-0.05, 0) is 58.8 Å². The van der Waals surface area contributed by atoms with Crippen molar-refractivity contribution in [2.75, 3.05) is 0 Å². The van der Waals surface area contributed by atoms with Crippen LogP contribution in [0.5, 0.6) is 0 Å². The summed E-state index contributed by atoms with van der Waals surface area (Å²) < 4.78 is 0. The van der Waals surface area contributed by atoms with E-state index in [1.165, 1.54) is 18.4 Å². The number of hydrogen-bond donors (Lipinski definition) is 0. The molecule has 1 atom stereocenters. The van der Waals surface area contributed by atoms with Gasteiger partial charge in [-0.2, -0.15) is 0 Å². The summed E-state index contributed by atoms with van der Waals surface area (Å²) in [7, 11) is 0. The van der Waals surface area contributed by atoms with Gasteiger partial charge in [0.15, 0.2) is 0 Å². The minimum Gasteiger partial charge on any atom is -0.299 e. The zero-order valence-corrected chi connectivity index (χ0v) is 11.9. The van der Waals surface area contributed by atoms with Gasteiger partial charge in [0, 0.05) is 11.8 Å². The zero-order valence-electron chi connectivity index (χ0n) is 11.9. The van der Waals surface area contributed by atoms with Crippen molar-refractivity contribution in [3.8, 4) is 0 Å². The first-order chi connectivity index (χ1) is 8.62. The third kappa shape index (κ3) is 3.13. The molecule has 1 fully saturated rings. The average Bonchev–Trinajstić information content (AvgIpc) is 2.35. The van der Waals surface area contributed by atoms with Crippen LogP contribution in [0.2, 0.25) is 0 Å². The summed E-state index contributed by atoms with van der Waals surface area (Å²) in [4.78, 5) is 12.1. The molecule has 0 N–H and O–H groups in total. The molecule has 0 aromatic rings. The standard InChI is InChI=1S/C17H26O/c1-14(2)6-5-7-15-9-12-17(13-10-15)11-4-3-8-16(17)18/h6,9H,3-5,7-8,10-13H2,1-2H3. The van der Waals surface area contributed by atoms with E-state index in [0.29, 0.717) is 5.78 Å². The van der Waals surface area contributed by atoms with Crippen molar-refractivity contribution in [1.82, 2.24) is 0 Å². The molecule has 0 saturated heterocycles. The molecule has 0 aromatic heterocycles. The molecule has 0 bridgehead atoms. The number of hydrogen-bond acceptors (Lipinski definition) is 1. The number of carbonyl (C=O) groups is 1. The Hall–Kier alpha value is -0.850. The third-order valence-corrected chi connectivity index (χ3v) is 4.62. The predicted octanol–water partition coefficient (Wildman–Crippen LogP) is 4.97. The summed E-state index contributed by atoms with van der Waals surface area (Å²) in [5.41, 5.74) is 3.04. The van der Waals surface area contributed by atoms with E-state index in [1.54, 1.807) is 5.57 Å². The SMILES string of the molecule is CC(C)=CCCC1=CCC2(CCCCC2=O)CC1. The molecule has 1 saturated carbocycles. The maximum Gasteiger partial charge on any atom is 0.139 e. The first-order valence-electron chi connectivity index (χ1n) is 7.47. The van der Waals surface area contributed by atoms with Crippen LogP contribution in [-0.4, -0.2) is 5.78 Å². The molecule has 0 aliphatic heterocycles. The number of carbonyl (C=O) groups excluding carboxylic acids is 1. The molecule has 1 nitrogen and oxygen atoms in total. The Bertz CT molecular complexity index is 371. The Balaban J connectivity index is 1.90. The molecule has 1 unspecified atom stereocenters. The van der Waals surface area contributed by atoms with Crippen molar-refractivity contribution >= 4 is 5.78 Å². The van der Waals surface area contributed by atoms with E-state index < -0.39 is 0 Å². The monoisotopic (exact) mass is 246 g/mol. The fraction of sp³-hybridized carbons (Fsp3) is 0.706. The topological polar surface area (TPSA) is 17.1 Å². The average molecular weight is 246 g/mol. The van der Waals surface area contributed by atoms with Gasteiger partial charge in [-0.15, -0.1) is 0 Å². The molecule has 18 heavy (non-hydrogen) atoms. The quantitative estimate of drug-likeness (QED) is 0.642. The maximum atomic E-state index is 12.1. The Kier molecular flexibility index (Phi) is 4.42. The second-order valence-corrected chi connectivity index (χ2v) is 6.30. The molecule has 100 valence electrons. The summed E-state index contributed by atoms with van der Waals surface area (Å²) in [6, 6.07) is 0. The second-order valence-electron chi connectivity index (χ2n) is 6.30. The van der Waals surface area contributed by atoms with Crippen molar-refractivity contribution in [1.29, 1.82) is 0 Å². The van der Waals surface area contributed by atoms with Gasteiger partial charge in [-0.25, -0.2) is 0 Å². The van der Waals surface area contributed by atoms with Gasteiger partial charge in [-0.1, -0.05) is 29.7 Å². The smallest absolute Gasteiger partial charge is 0.139 e. The highest BCUT2D eigenvalue weighted by Gasteiger charge is 2.39. The summed E-state index contributed by atoms with van der Waals surface area (Å²) in [5, 5.41) is 0. The Morgan fingerprint density at radius 1 is 1.28 bits per heavy atom. The molecule has 1 spiro atoms. The van der Waals surface area contributed by atoms with E-state index in [9.17, 15) is 4.79 Å². The van der Waals surface area contributed by atoms with Crippen LogP contribution < -0.4 is 0 Å². The lowest BCUT2D eigenvalue weighted by Crippen LogP contribution is -2.35. The second kappa shape index (κ2) is 5.86. The van der Waals surface area contributed by atoms with Crippen LogP contribution in [0.1, 0.15) is 71.6 Å². The van der Waals surface area contributed by atoms with Gasteiger partial charge in [0.1, 0.15) is 5.78 Å². The number of Topliss-reactive ketones (excluding diaryl/α,β-unsaturated/α-hetero) is 1. The van der Waals surface area contributed by atoms with Crippen LogP contribution in [0.3, 0.4) is 0 Å². The summed E-state index contributed by atoms with van der Waals surface area (Å²) in [6.07, 6.45) is 14.7. The van der Waals surface area contributed by atoms with E-state index in [-0.39, 0.29) is 5.41 Å². The minimum atomic E-state index is 0.0538. The molecule has 2 rings (SSSR count). The largest absolute Gasteiger partial charge is 0.299 e. The summed E-state index contributed by atoms with van der Waals surface area (Å²) >= 11 is 0. The highest BCUT2D eigenvalue weighted by molar-refractivity contribution is 5.85. The maximum absolute atomic E-state index is 12.1. The minimum absolute atomic E-state index is 0.0538. The van der Waals surface area contributed by atoms with Gasteiger partial charge in [-0.3, -0.25) is 4.79 Å². The van der Waals surface area contributed by atoms with Crippen molar-refractivity contribution < 1.29 is 4.79 Å². The lowest BCUT2D eigenvalue weighted by molar-refractivity contribution is -0.131. The van der Waals surface area contributed by atoms with Crippen LogP contribution in [0.4, 0.5) is 0 Å². The van der Waals surface area contributed by atoms with E-state index in [4.69, 9.17) is 0 Å². The van der Waals surface area contributed by atoms with E-state index in [1.807, 2.05) is 0 Å². The molecule has 2 aliphatic carbocycles. The van der Waals surface area contributed by atoms with E-state index in [0.717, 1.165) is 44.9 Å². The van der Waals surface area contributed by atoms with Crippen LogP contribution >= 0.6 is 0 Å². The van der Waals surface area contributed by atoms with E-state index >= 15 is 0 Å². The molecule has 1 heteroatoms. The molecular formula is C17H26O. The molecule has 0 heterocycles. The highest BCUT2D eigenvalue weighted by Crippen LogP contribution is 2.45. The van der Waals surface area contributed by atoms with Crippen molar-refractivity contribution in [2.24, 2.45) is 5.41 Å². The first-order valence-corrected chi connectivity index (χ1v) is 7.47. The Morgan fingerprint density at radius 3 is 2.72 bits per heavy atom. The number of allylic oxidation sites excluding steroid dienone is 4. The van der Waals surface area contributed by atoms with Crippen molar-refractivity contribution in [3.05, 3.63) is 23.3 Å².